The number of nitrogens with zero attached hydrogens (tertiary/aromatic N) is 1. The largest absolute Gasteiger partial charge is 0.493 e. The summed E-state index contributed by atoms with van der Waals surface area (Å²) in [6.45, 7) is 0.858. The molecule has 0 aliphatic rings. The molecule has 21 heavy (non-hydrogen) atoms. The minimum atomic E-state index is -0.291. The van der Waals surface area contributed by atoms with Crippen LogP contribution < -0.4 is 4.74 Å². The first-order valence-corrected chi connectivity index (χ1v) is 6.53. The Kier molecular flexibility index (Phi) is 5.70. The highest BCUT2D eigenvalue weighted by Crippen LogP contribution is 2.11. The van der Waals surface area contributed by atoms with E-state index in [1.54, 1.807) is 24.3 Å². The molecule has 110 valence electrons. The normalized spacial score (nSPS) is 10.8. The monoisotopic (exact) mass is 291 g/mol. The fraction of sp³-hybridized carbons (Fsp3) is 0.188. The van der Waals surface area contributed by atoms with Gasteiger partial charge in [-0.2, -0.15) is 0 Å². The van der Waals surface area contributed by atoms with E-state index in [0.717, 1.165) is 5.56 Å². The Labute approximate surface area is 121 Å². The van der Waals surface area contributed by atoms with Crippen molar-refractivity contribution >= 4 is 6.21 Å². The maximum atomic E-state index is 12.7. The van der Waals surface area contributed by atoms with E-state index in [0.29, 0.717) is 25.4 Å². The quantitative estimate of drug-likeness (QED) is 0.441. The Hall–Kier alpha value is -2.43. The van der Waals surface area contributed by atoms with Gasteiger partial charge < -0.3 is 9.57 Å². The summed E-state index contributed by atoms with van der Waals surface area (Å²) in [4.78, 5) is 5.06. The van der Waals surface area contributed by atoms with Crippen molar-refractivity contribution in [2.24, 2.45) is 5.16 Å². The lowest BCUT2D eigenvalue weighted by Crippen LogP contribution is -2.01. The van der Waals surface area contributed by atoms with Gasteiger partial charge in [-0.25, -0.2) is 8.78 Å². The Balaban J connectivity index is 1.59. The Morgan fingerprint density at radius 1 is 0.857 bits per heavy atom. The molecule has 2 aromatic rings. The molecule has 0 spiro atoms. The van der Waals surface area contributed by atoms with Crippen LogP contribution in [-0.4, -0.2) is 19.4 Å². The van der Waals surface area contributed by atoms with E-state index < -0.39 is 0 Å². The maximum absolute atomic E-state index is 12.7. The molecule has 0 saturated heterocycles. The Bertz CT molecular complexity index is 568. The van der Waals surface area contributed by atoms with Gasteiger partial charge in [0.15, 0.2) is 0 Å². The van der Waals surface area contributed by atoms with Crippen LogP contribution in [-0.2, 0) is 4.84 Å². The molecule has 0 amide bonds. The topological polar surface area (TPSA) is 30.8 Å². The lowest BCUT2D eigenvalue weighted by atomic mass is 10.2. The summed E-state index contributed by atoms with van der Waals surface area (Å²) in [7, 11) is 0. The average molecular weight is 291 g/mol. The van der Waals surface area contributed by atoms with Gasteiger partial charge in [0.2, 0.25) is 0 Å². The standard InChI is InChI=1S/C16H15F2NO2/c17-14-4-2-13(3-5-14)12-19-21-11-1-10-20-16-8-6-15(18)7-9-16/h2-9,12H,1,10-11H2/b19-12+. The predicted octanol–water partition coefficient (Wildman–Crippen LogP) is 3.78. The van der Waals surface area contributed by atoms with Crippen molar-refractivity contribution in [3.63, 3.8) is 0 Å². The zero-order chi connectivity index (χ0) is 14.9. The van der Waals surface area contributed by atoms with Crippen molar-refractivity contribution in [2.75, 3.05) is 13.2 Å². The Morgan fingerprint density at radius 3 is 2.14 bits per heavy atom. The van der Waals surface area contributed by atoms with E-state index in [1.807, 2.05) is 0 Å². The van der Waals surface area contributed by atoms with Crippen LogP contribution in [0.5, 0.6) is 5.75 Å². The second kappa shape index (κ2) is 7.99. The summed E-state index contributed by atoms with van der Waals surface area (Å²) in [6, 6.07) is 11.8. The van der Waals surface area contributed by atoms with E-state index in [-0.39, 0.29) is 11.6 Å². The van der Waals surface area contributed by atoms with Crippen molar-refractivity contribution in [3.8, 4) is 5.75 Å². The zero-order valence-corrected chi connectivity index (χ0v) is 11.3. The van der Waals surface area contributed by atoms with Crippen LogP contribution in [0.3, 0.4) is 0 Å². The number of rotatable bonds is 7. The third-order valence-corrected chi connectivity index (χ3v) is 2.61. The fourth-order valence-electron chi connectivity index (χ4n) is 1.54. The van der Waals surface area contributed by atoms with Crippen LogP contribution in [0.4, 0.5) is 8.78 Å². The molecular formula is C16H15F2NO2. The number of benzene rings is 2. The van der Waals surface area contributed by atoms with Gasteiger partial charge in [-0.3, -0.25) is 0 Å². The van der Waals surface area contributed by atoms with Crippen molar-refractivity contribution in [3.05, 3.63) is 65.7 Å². The van der Waals surface area contributed by atoms with E-state index in [2.05, 4.69) is 5.16 Å². The number of oxime groups is 1. The van der Waals surface area contributed by atoms with Crippen LogP contribution >= 0.6 is 0 Å². The summed E-state index contributed by atoms with van der Waals surface area (Å²) < 4.78 is 30.7. The third kappa shape index (κ3) is 5.60. The minimum absolute atomic E-state index is 0.286. The molecule has 2 aromatic carbocycles. The first-order chi connectivity index (χ1) is 10.2. The maximum Gasteiger partial charge on any atom is 0.123 e. The van der Waals surface area contributed by atoms with Gasteiger partial charge in [0.25, 0.3) is 0 Å². The van der Waals surface area contributed by atoms with Gasteiger partial charge >= 0.3 is 0 Å². The van der Waals surface area contributed by atoms with E-state index in [9.17, 15) is 8.78 Å². The first-order valence-electron chi connectivity index (χ1n) is 6.53. The number of halogens is 2. The molecule has 2 rings (SSSR count). The molecule has 0 fully saturated rings. The molecule has 0 aliphatic heterocycles. The van der Waals surface area contributed by atoms with Gasteiger partial charge in [0, 0.05) is 6.42 Å². The molecule has 3 nitrogen and oxygen atoms in total. The number of ether oxygens (including phenoxy) is 1. The van der Waals surface area contributed by atoms with E-state index in [1.165, 1.54) is 30.5 Å². The molecule has 0 bridgehead atoms. The van der Waals surface area contributed by atoms with Crippen LogP contribution in [0, 0.1) is 11.6 Å². The summed E-state index contributed by atoms with van der Waals surface area (Å²) >= 11 is 0. The molecule has 0 aliphatic carbocycles. The summed E-state index contributed by atoms with van der Waals surface area (Å²) in [6.07, 6.45) is 2.17. The molecule has 0 atom stereocenters. The zero-order valence-electron chi connectivity index (χ0n) is 11.3. The van der Waals surface area contributed by atoms with Crippen molar-refractivity contribution in [1.29, 1.82) is 0 Å². The molecular weight excluding hydrogens is 276 g/mol. The predicted molar refractivity (Wildman–Crippen MR) is 76.5 cm³/mol. The minimum Gasteiger partial charge on any atom is -0.493 e. The van der Waals surface area contributed by atoms with Gasteiger partial charge in [-0.1, -0.05) is 17.3 Å². The average Bonchev–Trinajstić information content (AvgIpc) is 2.50. The molecule has 0 saturated carbocycles. The van der Waals surface area contributed by atoms with Crippen molar-refractivity contribution < 1.29 is 18.4 Å². The second-order valence-electron chi connectivity index (χ2n) is 4.28. The van der Waals surface area contributed by atoms with E-state index in [4.69, 9.17) is 9.57 Å². The smallest absolute Gasteiger partial charge is 0.123 e. The fourth-order valence-corrected chi connectivity index (χ4v) is 1.54. The number of hydrogen-bond acceptors (Lipinski definition) is 3. The van der Waals surface area contributed by atoms with Gasteiger partial charge in [0.05, 0.1) is 12.8 Å². The summed E-state index contributed by atoms with van der Waals surface area (Å²) in [5, 5.41) is 3.77. The summed E-state index contributed by atoms with van der Waals surface area (Å²) in [5.41, 5.74) is 0.763. The number of hydrogen-bond donors (Lipinski definition) is 0. The van der Waals surface area contributed by atoms with Crippen molar-refractivity contribution in [2.45, 2.75) is 6.42 Å². The van der Waals surface area contributed by atoms with Crippen molar-refractivity contribution in [1.82, 2.24) is 0 Å². The molecule has 0 aromatic heterocycles. The summed E-state index contributed by atoms with van der Waals surface area (Å²) in [5.74, 6) is 0.0398. The second-order valence-corrected chi connectivity index (χ2v) is 4.28. The highest BCUT2D eigenvalue weighted by atomic mass is 19.1. The highest BCUT2D eigenvalue weighted by Gasteiger charge is 1.95. The lowest BCUT2D eigenvalue weighted by Gasteiger charge is -2.05. The van der Waals surface area contributed by atoms with Crippen LogP contribution in [0.2, 0.25) is 0 Å². The molecule has 0 unspecified atom stereocenters. The van der Waals surface area contributed by atoms with Crippen LogP contribution in [0.25, 0.3) is 0 Å². The molecule has 0 radical (unpaired) electrons. The SMILES string of the molecule is Fc1ccc(/C=N/OCCCOc2ccc(F)cc2)cc1. The molecule has 5 heteroatoms. The Morgan fingerprint density at radius 2 is 1.48 bits per heavy atom. The first kappa shape index (κ1) is 15.0. The van der Waals surface area contributed by atoms with Crippen LogP contribution in [0.1, 0.15) is 12.0 Å². The van der Waals surface area contributed by atoms with E-state index >= 15 is 0 Å². The molecule has 0 N–H and O–H groups in total. The van der Waals surface area contributed by atoms with Gasteiger partial charge in [-0.15, -0.1) is 0 Å². The third-order valence-electron chi connectivity index (χ3n) is 2.61. The highest BCUT2D eigenvalue weighted by molar-refractivity contribution is 5.78. The van der Waals surface area contributed by atoms with Crippen LogP contribution in [0.15, 0.2) is 53.7 Å². The lowest BCUT2D eigenvalue weighted by molar-refractivity contribution is 0.129. The van der Waals surface area contributed by atoms with Gasteiger partial charge in [-0.05, 0) is 42.0 Å². The van der Waals surface area contributed by atoms with Gasteiger partial charge in [0.1, 0.15) is 24.0 Å². The molecule has 0 heterocycles.